The molecule has 0 bridgehead atoms. The van der Waals surface area contributed by atoms with E-state index in [2.05, 4.69) is 17.2 Å². The van der Waals surface area contributed by atoms with Crippen LogP contribution in [-0.4, -0.2) is 35.7 Å². The summed E-state index contributed by atoms with van der Waals surface area (Å²) >= 11 is 0. The molecule has 0 atom stereocenters. The molecule has 0 spiro atoms. The summed E-state index contributed by atoms with van der Waals surface area (Å²) in [5, 5.41) is 11.7. The second kappa shape index (κ2) is 7.70. The molecule has 1 aromatic carbocycles. The quantitative estimate of drug-likeness (QED) is 0.821. The van der Waals surface area contributed by atoms with Crippen LogP contribution in [0, 0.1) is 18.8 Å². The first-order chi connectivity index (χ1) is 10.2. The highest BCUT2D eigenvalue weighted by Gasteiger charge is 2.16. The molecule has 1 aromatic rings. The average molecular weight is 286 g/mol. The monoisotopic (exact) mass is 286 g/mol. The molecule has 4 heteroatoms. The molecule has 0 aliphatic carbocycles. The molecule has 0 unspecified atom stereocenters. The van der Waals surface area contributed by atoms with Crippen molar-refractivity contribution in [1.82, 2.24) is 4.90 Å². The van der Waals surface area contributed by atoms with E-state index in [0.29, 0.717) is 6.42 Å². The zero-order chi connectivity index (χ0) is 15.1. The molecule has 1 heterocycles. The first kappa shape index (κ1) is 15.4. The Hall–Kier alpha value is -1.99. The predicted octanol–water partition coefficient (Wildman–Crippen LogP) is 2.75. The van der Waals surface area contributed by atoms with Gasteiger partial charge in [-0.1, -0.05) is 11.8 Å². The summed E-state index contributed by atoms with van der Waals surface area (Å²) < 4.78 is 0. The van der Waals surface area contributed by atoms with Crippen LogP contribution in [0.15, 0.2) is 18.2 Å². The number of nitrogens with one attached hydrogen (secondary N) is 1. The van der Waals surface area contributed by atoms with Gasteiger partial charge >= 0.3 is 6.03 Å². The number of aryl methyl sites for hydroxylation is 1. The van der Waals surface area contributed by atoms with Crippen molar-refractivity contribution in [3.63, 3.8) is 0 Å². The van der Waals surface area contributed by atoms with Crippen LogP contribution in [0.4, 0.5) is 10.5 Å². The minimum absolute atomic E-state index is 0.0167. The zero-order valence-corrected chi connectivity index (χ0v) is 12.5. The zero-order valence-electron chi connectivity index (χ0n) is 12.5. The summed E-state index contributed by atoms with van der Waals surface area (Å²) in [6.45, 7) is 3.73. The van der Waals surface area contributed by atoms with Gasteiger partial charge in [-0.2, -0.15) is 0 Å². The number of likely N-dealkylation sites (tertiary alicyclic amines) is 1. The number of hydrogen-bond acceptors (Lipinski definition) is 2. The van der Waals surface area contributed by atoms with Crippen LogP contribution >= 0.6 is 0 Å². The van der Waals surface area contributed by atoms with Crippen LogP contribution in [0.2, 0.25) is 0 Å². The number of aliphatic hydroxyl groups excluding tert-OH is 1. The van der Waals surface area contributed by atoms with Crippen LogP contribution in [0.1, 0.15) is 36.8 Å². The van der Waals surface area contributed by atoms with Gasteiger partial charge < -0.3 is 15.3 Å². The van der Waals surface area contributed by atoms with Crippen molar-refractivity contribution in [3.8, 4) is 11.8 Å². The lowest BCUT2D eigenvalue weighted by atomic mass is 10.1. The van der Waals surface area contributed by atoms with Crippen molar-refractivity contribution in [2.24, 2.45) is 0 Å². The number of aliphatic hydroxyl groups is 1. The highest BCUT2D eigenvalue weighted by molar-refractivity contribution is 5.90. The Morgan fingerprint density at radius 3 is 2.76 bits per heavy atom. The van der Waals surface area contributed by atoms with E-state index in [9.17, 15) is 4.79 Å². The number of carbonyl (C=O) groups excluding carboxylic acids is 1. The number of urea groups is 1. The van der Waals surface area contributed by atoms with Crippen molar-refractivity contribution in [1.29, 1.82) is 0 Å². The van der Waals surface area contributed by atoms with Crippen molar-refractivity contribution in [2.75, 3.05) is 25.0 Å². The van der Waals surface area contributed by atoms with Crippen molar-refractivity contribution in [2.45, 2.75) is 32.6 Å². The molecule has 0 radical (unpaired) electrons. The van der Waals surface area contributed by atoms with Gasteiger partial charge in [0.05, 0.1) is 6.61 Å². The van der Waals surface area contributed by atoms with Crippen molar-refractivity contribution >= 4 is 11.7 Å². The van der Waals surface area contributed by atoms with E-state index in [-0.39, 0.29) is 12.6 Å². The SMILES string of the molecule is Cc1cc(C#CCCO)ccc1NC(=O)N1CCCCC1. The number of hydrogen-bond donors (Lipinski definition) is 2. The maximum atomic E-state index is 12.2. The fourth-order valence-corrected chi connectivity index (χ4v) is 2.39. The first-order valence-corrected chi connectivity index (χ1v) is 7.47. The van der Waals surface area contributed by atoms with Gasteiger partial charge in [-0.3, -0.25) is 0 Å². The molecular formula is C17H22N2O2. The van der Waals surface area contributed by atoms with E-state index >= 15 is 0 Å². The lowest BCUT2D eigenvalue weighted by Crippen LogP contribution is -2.38. The maximum absolute atomic E-state index is 12.2. The average Bonchev–Trinajstić information content (AvgIpc) is 2.51. The van der Waals surface area contributed by atoms with Crippen LogP contribution in [0.5, 0.6) is 0 Å². The molecule has 2 amide bonds. The van der Waals surface area contributed by atoms with E-state index in [1.165, 1.54) is 6.42 Å². The van der Waals surface area contributed by atoms with Crippen molar-refractivity contribution in [3.05, 3.63) is 29.3 Å². The second-order valence-electron chi connectivity index (χ2n) is 5.28. The predicted molar refractivity (Wildman–Crippen MR) is 84.2 cm³/mol. The van der Waals surface area contributed by atoms with Gasteiger partial charge in [0.25, 0.3) is 0 Å². The molecule has 0 aromatic heterocycles. The van der Waals surface area contributed by atoms with E-state index in [4.69, 9.17) is 5.11 Å². The van der Waals surface area contributed by atoms with E-state index < -0.39 is 0 Å². The molecule has 2 N–H and O–H groups in total. The Morgan fingerprint density at radius 2 is 2.10 bits per heavy atom. The number of nitrogens with zero attached hydrogens (tertiary/aromatic N) is 1. The fourth-order valence-electron chi connectivity index (χ4n) is 2.39. The Labute approximate surface area is 126 Å². The molecule has 1 fully saturated rings. The Bertz CT molecular complexity index is 552. The van der Waals surface area contributed by atoms with Crippen LogP contribution < -0.4 is 5.32 Å². The third-order valence-electron chi connectivity index (χ3n) is 3.58. The maximum Gasteiger partial charge on any atom is 0.321 e. The molecule has 2 rings (SSSR count). The summed E-state index contributed by atoms with van der Waals surface area (Å²) in [6, 6.07) is 5.72. The Morgan fingerprint density at radius 1 is 1.33 bits per heavy atom. The smallest absolute Gasteiger partial charge is 0.321 e. The number of benzene rings is 1. The van der Waals surface area contributed by atoms with Crippen LogP contribution in [-0.2, 0) is 0 Å². The van der Waals surface area contributed by atoms with Crippen LogP contribution in [0.25, 0.3) is 0 Å². The highest BCUT2D eigenvalue weighted by atomic mass is 16.2. The largest absolute Gasteiger partial charge is 0.395 e. The van der Waals surface area contributed by atoms with E-state index in [1.54, 1.807) is 0 Å². The molecule has 1 aliphatic rings. The van der Waals surface area contributed by atoms with Gasteiger partial charge in [-0.05, 0) is 49.9 Å². The molecule has 112 valence electrons. The number of anilines is 1. The molecule has 0 saturated carbocycles. The summed E-state index contributed by atoms with van der Waals surface area (Å²) in [5.74, 6) is 5.89. The highest BCUT2D eigenvalue weighted by Crippen LogP contribution is 2.18. The molecule has 21 heavy (non-hydrogen) atoms. The molecular weight excluding hydrogens is 264 g/mol. The van der Waals surface area contributed by atoms with Gasteiger partial charge in [-0.15, -0.1) is 0 Å². The van der Waals surface area contributed by atoms with E-state index in [0.717, 1.165) is 42.7 Å². The lowest BCUT2D eigenvalue weighted by Gasteiger charge is -2.27. The van der Waals surface area contributed by atoms with Crippen molar-refractivity contribution < 1.29 is 9.90 Å². The van der Waals surface area contributed by atoms with Gasteiger partial charge in [0, 0.05) is 30.8 Å². The summed E-state index contributed by atoms with van der Waals surface area (Å²) in [7, 11) is 0. The van der Waals surface area contributed by atoms with Gasteiger partial charge in [0.2, 0.25) is 0 Å². The summed E-state index contributed by atoms with van der Waals surface area (Å²) in [5.41, 5.74) is 2.73. The number of piperidine rings is 1. The minimum Gasteiger partial charge on any atom is -0.395 e. The molecule has 4 nitrogen and oxygen atoms in total. The number of carbonyl (C=O) groups is 1. The topological polar surface area (TPSA) is 52.6 Å². The third-order valence-corrected chi connectivity index (χ3v) is 3.58. The van der Waals surface area contributed by atoms with Crippen LogP contribution in [0.3, 0.4) is 0 Å². The van der Waals surface area contributed by atoms with Gasteiger partial charge in [0.15, 0.2) is 0 Å². The fraction of sp³-hybridized carbons (Fsp3) is 0.471. The summed E-state index contributed by atoms with van der Waals surface area (Å²) in [4.78, 5) is 14.0. The van der Waals surface area contributed by atoms with E-state index in [1.807, 2.05) is 30.0 Å². The number of rotatable bonds is 2. The summed E-state index contributed by atoms with van der Waals surface area (Å²) in [6.07, 6.45) is 3.87. The Balaban J connectivity index is 2.00. The number of amides is 2. The standard InChI is InChI=1S/C17H22N2O2/c1-14-13-15(7-3-6-12-20)8-9-16(14)18-17(21)19-10-4-2-5-11-19/h8-9,13,20H,2,4-6,10-12H2,1H3,(H,18,21). The van der Waals surface area contributed by atoms with Gasteiger partial charge in [0.1, 0.15) is 0 Å². The normalized spacial score (nSPS) is 14.3. The Kier molecular flexibility index (Phi) is 5.65. The van der Waals surface area contributed by atoms with Gasteiger partial charge in [-0.25, -0.2) is 4.79 Å². The second-order valence-corrected chi connectivity index (χ2v) is 5.28. The lowest BCUT2D eigenvalue weighted by molar-refractivity contribution is 0.200. The third kappa shape index (κ3) is 4.51. The minimum atomic E-state index is -0.0167. The first-order valence-electron chi connectivity index (χ1n) is 7.47. The molecule has 1 aliphatic heterocycles. The molecule has 1 saturated heterocycles.